The number of anilines is 1. The lowest BCUT2D eigenvalue weighted by Gasteiger charge is -2.15. The van der Waals surface area contributed by atoms with Crippen LogP contribution in [-0.2, 0) is 0 Å². The number of rotatable bonds is 3. The highest BCUT2D eigenvalue weighted by atomic mass is 16.5. The molecule has 0 bridgehead atoms. The van der Waals surface area contributed by atoms with Gasteiger partial charge in [-0.15, -0.1) is 0 Å². The Morgan fingerprint density at radius 3 is 2.68 bits per heavy atom. The molecule has 3 rings (SSSR count). The topological polar surface area (TPSA) is 86.8 Å². The van der Waals surface area contributed by atoms with Crippen LogP contribution in [-0.4, -0.2) is 19.9 Å². The average molecular weight is 295 g/mol. The highest BCUT2D eigenvalue weighted by Crippen LogP contribution is 2.36. The van der Waals surface area contributed by atoms with Crippen LogP contribution in [0.3, 0.4) is 0 Å². The minimum absolute atomic E-state index is 0.237. The van der Waals surface area contributed by atoms with Crippen LogP contribution in [0.4, 0.5) is 5.82 Å². The van der Waals surface area contributed by atoms with Crippen LogP contribution in [0.2, 0.25) is 0 Å². The molecule has 22 heavy (non-hydrogen) atoms. The van der Waals surface area contributed by atoms with Crippen LogP contribution >= 0.6 is 0 Å². The molecule has 0 aliphatic heterocycles. The van der Waals surface area contributed by atoms with E-state index >= 15 is 0 Å². The number of nitrogens with two attached hydrogens (primary N) is 1. The van der Waals surface area contributed by atoms with Gasteiger partial charge in [-0.2, -0.15) is 0 Å². The number of aryl methyl sites for hydroxylation is 1. The number of nitrogens with zero attached hydrogens (tertiary/aromatic N) is 4. The summed E-state index contributed by atoms with van der Waals surface area (Å²) >= 11 is 0. The first-order valence-electron chi connectivity index (χ1n) is 7.07. The minimum atomic E-state index is 0.237. The summed E-state index contributed by atoms with van der Waals surface area (Å²) in [4.78, 5) is 17.1. The van der Waals surface area contributed by atoms with E-state index in [0.29, 0.717) is 28.7 Å². The summed E-state index contributed by atoms with van der Waals surface area (Å²) in [5.74, 6) is 2.22. The summed E-state index contributed by atoms with van der Waals surface area (Å²) in [6.45, 7) is 5.93. The van der Waals surface area contributed by atoms with Crippen molar-refractivity contribution in [3.05, 3.63) is 42.1 Å². The number of pyridine rings is 2. The maximum Gasteiger partial charge on any atom is 0.187 e. The third kappa shape index (κ3) is 2.55. The van der Waals surface area contributed by atoms with Gasteiger partial charge >= 0.3 is 0 Å². The molecule has 0 fully saturated rings. The summed E-state index contributed by atoms with van der Waals surface area (Å²) < 4.78 is 6.02. The van der Waals surface area contributed by atoms with Crippen molar-refractivity contribution in [2.75, 3.05) is 5.73 Å². The zero-order valence-corrected chi connectivity index (χ0v) is 12.7. The molecule has 0 aliphatic rings. The average Bonchev–Trinajstić information content (AvgIpc) is 2.50. The molecule has 3 aromatic rings. The molecule has 0 aliphatic carbocycles. The SMILES string of the molecule is Cc1ncc(Oc2c(C(C)C)cnc3cccnc23)c(N)n1. The summed E-state index contributed by atoms with van der Waals surface area (Å²) in [5, 5.41) is 0. The van der Waals surface area contributed by atoms with Crippen LogP contribution in [0.5, 0.6) is 11.5 Å². The molecule has 0 saturated carbocycles. The van der Waals surface area contributed by atoms with E-state index in [4.69, 9.17) is 10.5 Å². The second kappa shape index (κ2) is 5.55. The van der Waals surface area contributed by atoms with Crippen LogP contribution < -0.4 is 10.5 Å². The highest BCUT2D eigenvalue weighted by Gasteiger charge is 2.16. The Labute approximate surface area is 128 Å². The van der Waals surface area contributed by atoms with Gasteiger partial charge in [0.25, 0.3) is 0 Å². The maximum absolute atomic E-state index is 6.02. The largest absolute Gasteiger partial charge is 0.449 e. The molecule has 6 nitrogen and oxygen atoms in total. The molecule has 0 saturated heterocycles. The lowest BCUT2D eigenvalue weighted by molar-refractivity contribution is 0.474. The number of nitrogen functional groups attached to an aromatic ring is 1. The van der Waals surface area contributed by atoms with Crippen LogP contribution in [0.15, 0.2) is 30.7 Å². The molecule has 0 atom stereocenters. The zero-order chi connectivity index (χ0) is 15.7. The van der Waals surface area contributed by atoms with Gasteiger partial charge in [0.15, 0.2) is 17.3 Å². The van der Waals surface area contributed by atoms with E-state index in [2.05, 4.69) is 33.8 Å². The predicted molar refractivity (Wildman–Crippen MR) is 84.9 cm³/mol. The molecule has 0 amide bonds. The molecular weight excluding hydrogens is 278 g/mol. The Morgan fingerprint density at radius 2 is 1.95 bits per heavy atom. The van der Waals surface area contributed by atoms with Crippen molar-refractivity contribution in [1.82, 2.24) is 19.9 Å². The summed E-state index contributed by atoms with van der Waals surface area (Å²) in [6.07, 6.45) is 5.11. The van der Waals surface area contributed by atoms with Crippen molar-refractivity contribution >= 4 is 16.9 Å². The number of hydrogen-bond acceptors (Lipinski definition) is 6. The number of ether oxygens (including phenoxy) is 1. The van der Waals surface area contributed by atoms with Crippen molar-refractivity contribution in [2.45, 2.75) is 26.7 Å². The second-order valence-corrected chi connectivity index (χ2v) is 5.34. The molecule has 0 unspecified atom stereocenters. The number of aromatic nitrogens is 4. The zero-order valence-electron chi connectivity index (χ0n) is 12.7. The summed E-state index contributed by atoms with van der Waals surface area (Å²) in [5.41, 5.74) is 8.37. The summed E-state index contributed by atoms with van der Waals surface area (Å²) in [6, 6.07) is 3.74. The molecule has 112 valence electrons. The van der Waals surface area contributed by atoms with Gasteiger partial charge in [0.2, 0.25) is 0 Å². The van der Waals surface area contributed by atoms with Gasteiger partial charge in [-0.05, 0) is 25.0 Å². The lowest BCUT2D eigenvalue weighted by atomic mass is 10.0. The van der Waals surface area contributed by atoms with E-state index in [9.17, 15) is 0 Å². The van der Waals surface area contributed by atoms with Gasteiger partial charge < -0.3 is 10.5 Å². The van der Waals surface area contributed by atoms with Crippen molar-refractivity contribution in [1.29, 1.82) is 0 Å². The van der Waals surface area contributed by atoms with Crippen LogP contribution in [0, 0.1) is 6.92 Å². The first-order valence-corrected chi connectivity index (χ1v) is 7.07. The van der Waals surface area contributed by atoms with Gasteiger partial charge in [-0.3, -0.25) is 9.97 Å². The smallest absolute Gasteiger partial charge is 0.187 e. The van der Waals surface area contributed by atoms with E-state index in [0.717, 1.165) is 11.1 Å². The minimum Gasteiger partial charge on any atom is -0.449 e. The Bertz CT molecular complexity index is 832. The van der Waals surface area contributed by atoms with Gasteiger partial charge in [-0.25, -0.2) is 9.97 Å². The molecular formula is C16H17N5O. The van der Waals surface area contributed by atoms with Gasteiger partial charge in [-0.1, -0.05) is 13.8 Å². The van der Waals surface area contributed by atoms with Crippen LogP contribution in [0.1, 0.15) is 31.2 Å². The predicted octanol–water partition coefficient (Wildman–Crippen LogP) is 3.23. The lowest BCUT2D eigenvalue weighted by Crippen LogP contribution is -2.02. The summed E-state index contributed by atoms with van der Waals surface area (Å²) in [7, 11) is 0. The third-order valence-electron chi connectivity index (χ3n) is 3.34. The Morgan fingerprint density at radius 1 is 1.14 bits per heavy atom. The van der Waals surface area contributed by atoms with E-state index < -0.39 is 0 Å². The maximum atomic E-state index is 6.02. The first kappa shape index (κ1) is 14.2. The van der Waals surface area contributed by atoms with E-state index in [1.54, 1.807) is 19.3 Å². The third-order valence-corrected chi connectivity index (χ3v) is 3.34. The normalized spacial score (nSPS) is 11.1. The van der Waals surface area contributed by atoms with E-state index in [1.165, 1.54) is 0 Å². The van der Waals surface area contributed by atoms with Gasteiger partial charge in [0.1, 0.15) is 11.3 Å². The first-order chi connectivity index (χ1) is 10.6. The Hall–Kier alpha value is -2.76. The van der Waals surface area contributed by atoms with Gasteiger partial charge in [0.05, 0.1) is 11.7 Å². The standard InChI is InChI=1S/C16H17N5O/c1-9(2)11-7-20-12-5-4-6-18-14(12)15(11)22-13-8-19-10(3)21-16(13)17/h4-9H,1-3H3,(H2,17,19,21). The highest BCUT2D eigenvalue weighted by molar-refractivity contribution is 5.82. The van der Waals surface area contributed by atoms with Crippen molar-refractivity contribution in [3.8, 4) is 11.5 Å². The van der Waals surface area contributed by atoms with Crippen molar-refractivity contribution in [3.63, 3.8) is 0 Å². The van der Waals surface area contributed by atoms with E-state index in [1.807, 2.05) is 18.3 Å². The fourth-order valence-electron chi connectivity index (χ4n) is 2.19. The number of fused-ring (bicyclic) bond motifs is 1. The molecule has 2 N–H and O–H groups in total. The Kier molecular flexibility index (Phi) is 3.58. The molecule has 0 radical (unpaired) electrons. The molecule has 6 heteroatoms. The molecule has 3 aromatic heterocycles. The van der Waals surface area contributed by atoms with Crippen LogP contribution in [0.25, 0.3) is 11.0 Å². The second-order valence-electron chi connectivity index (χ2n) is 5.34. The van der Waals surface area contributed by atoms with Crippen molar-refractivity contribution < 1.29 is 4.74 Å². The fourth-order valence-corrected chi connectivity index (χ4v) is 2.19. The quantitative estimate of drug-likeness (QED) is 0.798. The Balaban J connectivity index is 2.17. The molecule has 0 aromatic carbocycles. The van der Waals surface area contributed by atoms with Crippen molar-refractivity contribution in [2.24, 2.45) is 0 Å². The fraction of sp³-hybridized carbons (Fsp3) is 0.250. The number of hydrogen-bond donors (Lipinski definition) is 1. The molecule has 0 spiro atoms. The molecule has 3 heterocycles. The monoisotopic (exact) mass is 295 g/mol. The van der Waals surface area contributed by atoms with E-state index in [-0.39, 0.29) is 5.92 Å². The van der Waals surface area contributed by atoms with Gasteiger partial charge in [0, 0.05) is 18.0 Å².